The Bertz CT molecular complexity index is 981. The number of hydrogen-bond donors (Lipinski definition) is 2. The summed E-state index contributed by atoms with van der Waals surface area (Å²) in [6.45, 7) is 3.80. The minimum Gasteiger partial charge on any atom is -0.497 e. The first-order chi connectivity index (χ1) is 14.5. The van der Waals surface area contributed by atoms with E-state index in [0.29, 0.717) is 17.0 Å². The van der Waals surface area contributed by atoms with Gasteiger partial charge in [-0.25, -0.2) is 0 Å². The van der Waals surface area contributed by atoms with Gasteiger partial charge in [-0.15, -0.1) is 0 Å². The molecule has 0 saturated carbocycles. The number of anilines is 1. The van der Waals surface area contributed by atoms with Crippen molar-refractivity contribution in [1.82, 2.24) is 5.32 Å². The molecule has 154 valence electrons. The van der Waals surface area contributed by atoms with Crippen LogP contribution in [0.5, 0.6) is 5.75 Å². The van der Waals surface area contributed by atoms with Crippen molar-refractivity contribution in [3.63, 3.8) is 0 Å². The maximum atomic E-state index is 12.8. The summed E-state index contributed by atoms with van der Waals surface area (Å²) in [6.07, 6.45) is 0. The fraction of sp³-hybridized carbons (Fsp3) is 0.200. The number of rotatable bonds is 7. The first-order valence-electron chi connectivity index (χ1n) is 9.89. The highest BCUT2D eigenvalue weighted by Gasteiger charge is 2.24. The van der Waals surface area contributed by atoms with Crippen molar-refractivity contribution in [2.24, 2.45) is 5.92 Å². The Balaban J connectivity index is 1.67. The van der Waals surface area contributed by atoms with Crippen molar-refractivity contribution in [2.45, 2.75) is 19.9 Å². The van der Waals surface area contributed by atoms with Gasteiger partial charge in [-0.3, -0.25) is 9.59 Å². The highest BCUT2D eigenvalue weighted by Crippen LogP contribution is 2.21. The molecule has 5 heteroatoms. The average Bonchev–Trinajstić information content (AvgIpc) is 2.78. The Morgan fingerprint density at radius 3 is 1.97 bits per heavy atom. The van der Waals surface area contributed by atoms with Crippen LogP contribution < -0.4 is 15.4 Å². The minimum absolute atomic E-state index is 0.0733. The number of carbonyl (C=O) groups excluding carboxylic acids is 2. The summed E-state index contributed by atoms with van der Waals surface area (Å²) in [5, 5.41) is 5.74. The van der Waals surface area contributed by atoms with Gasteiger partial charge in [0.2, 0.25) is 5.91 Å². The Morgan fingerprint density at radius 2 is 1.40 bits per heavy atom. The molecule has 0 fully saturated rings. The normalized spacial score (nSPS) is 11.6. The molecule has 3 aromatic rings. The third kappa shape index (κ3) is 5.26. The van der Waals surface area contributed by atoms with Crippen molar-refractivity contribution >= 4 is 17.5 Å². The van der Waals surface area contributed by atoms with E-state index >= 15 is 0 Å². The van der Waals surface area contributed by atoms with Crippen LogP contribution in [-0.4, -0.2) is 25.0 Å². The lowest BCUT2D eigenvalue weighted by Crippen LogP contribution is -2.47. The van der Waals surface area contributed by atoms with Crippen molar-refractivity contribution in [2.75, 3.05) is 12.4 Å². The summed E-state index contributed by atoms with van der Waals surface area (Å²) in [4.78, 5) is 25.4. The van der Waals surface area contributed by atoms with E-state index in [-0.39, 0.29) is 17.7 Å². The second-order valence-electron chi connectivity index (χ2n) is 7.36. The molecule has 3 aromatic carbocycles. The van der Waals surface area contributed by atoms with Gasteiger partial charge in [0.15, 0.2) is 0 Å². The van der Waals surface area contributed by atoms with Crippen LogP contribution >= 0.6 is 0 Å². The van der Waals surface area contributed by atoms with Crippen LogP contribution in [0, 0.1) is 5.92 Å². The van der Waals surface area contributed by atoms with Gasteiger partial charge in [0.1, 0.15) is 11.8 Å². The lowest BCUT2D eigenvalue weighted by Gasteiger charge is -2.22. The molecule has 3 rings (SSSR count). The van der Waals surface area contributed by atoms with E-state index in [9.17, 15) is 9.59 Å². The Hall–Kier alpha value is -3.60. The minimum atomic E-state index is -0.659. The predicted octanol–water partition coefficient (Wildman–Crippen LogP) is 4.76. The molecule has 0 unspecified atom stereocenters. The smallest absolute Gasteiger partial charge is 0.251 e. The van der Waals surface area contributed by atoms with Gasteiger partial charge in [-0.05, 0) is 53.4 Å². The van der Waals surface area contributed by atoms with E-state index in [2.05, 4.69) is 10.6 Å². The van der Waals surface area contributed by atoms with Crippen LogP contribution in [0.4, 0.5) is 5.69 Å². The molecular weight excluding hydrogens is 376 g/mol. The van der Waals surface area contributed by atoms with Crippen molar-refractivity contribution < 1.29 is 14.3 Å². The summed E-state index contributed by atoms with van der Waals surface area (Å²) in [6, 6.07) is 23.8. The number of methoxy groups -OCH3 is 1. The molecule has 0 radical (unpaired) electrons. The van der Waals surface area contributed by atoms with Gasteiger partial charge >= 0.3 is 0 Å². The van der Waals surface area contributed by atoms with Gasteiger partial charge in [-0.1, -0.05) is 56.3 Å². The van der Waals surface area contributed by atoms with Crippen LogP contribution in [0.25, 0.3) is 11.1 Å². The summed E-state index contributed by atoms with van der Waals surface area (Å²) in [5.74, 6) is 0.0460. The fourth-order valence-corrected chi connectivity index (χ4v) is 3.10. The summed E-state index contributed by atoms with van der Waals surface area (Å²) >= 11 is 0. The molecule has 0 heterocycles. The maximum Gasteiger partial charge on any atom is 0.251 e. The number of nitrogens with one attached hydrogen (secondary N) is 2. The zero-order valence-electron chi connectivity index (χ0n) is 17.4. The lowest BCUT2D eigenvalue weighted by atomic mass is 10.0. The Kier molecular flexibility index (Phi) is 6.86. The summed E-state index contributed by atoms with van der Waals surface area (Å²) < 4.78 is 5.11. The molecule has 0 aliphatic rings. The van der Waals surface area contributed by atoms with E-state index in [1.54, 1.807) is 31.4 Å². The van der Waals surface area contributed by atoms with Crippen LogP contribution in [0.15, 0.2) is 78.9 Å². The van der Waals surface area contributed by atoms with Gasteiger partial charge < -0.3 is 15.4 Å². The van der Waals surface area contributed by atoms with Crippen LogP contribution in [-0.2, 0) is 4.79 Å². The monoisotopic (exact) mass is 402 g/mol. The average molecular weight is 402 g/mol. The van der Waals surface area contributed by atoms with Crippen LogP contribution in [0.3, 0.4) is 0 Å². The first kappa shape index (κ1) is 21.1. The number of hydrogen-bond acceptors (Lipinski definition) is 3. The molecule has 1 atom stereocenters. The third-order valence-electron chi connectivity index (χ3n) is 4.85. The van der Waals surface area contributed by atoms with Crippen molar-refractivity contribution in [1.29, 1.82) is 0 Å². The van der Waals surface area contributed by atoms with Gasteiger partial charge in [0.05, 0.1) is 7.11 Å². The van der Waals surface area contributed by atoms with E-state index in [0.717, 1.165) is 11.1 Å². The summed E-state index contributed by atoms with van der Waals surface area (Å²) in [7, 11) is 1.57. The van der Waals surface area contributed by atoms with E-state index < -0.39 is 6.04 Å². The number of ether oxygens (including phenoxy) is 1. The Labute approximate surface area is 177 Å². The second-order valence-corrected chi connectivity index (χ2v) is 7.36. The van der Waals surface area contributed by atoms with Gasteiger partial charge in [0.25, 0.3) is 5.91 Å². The van der Waals surface area contributed by atoms with Crippen molar-refractivity contribution in [3.05, 3.63) is 84.4 Å². The molecule has 2 N–H and O–H groups in total. The van der Waals surface area contributed by atoms with Crippen LogP contribution in [0.1, 0.15) is 24.2 Å². The first-order valence-corrected chi connectivity index (χ1v) is 9.89. The highest BCUT2D eigenvalue weighted by atomic mass is 16.5. The van der Waals surface area contributed by atoms with Gasteiger partial charge in [-0.2, -0.15) is 0 Å². The molecule has 5 nitrogen and oxygen atoms in total. The standard InChI is InChI=1S/C25H26N2O3/c1-17(2)23(27-24(28)20-11-15-22(30-3)16-12-20)25(29)26-21-13-9-19(10-14-21)18-7-5-4-6-8-18/h4-17,23H,1-3H3,(H,26,29)(H,27,28)/t23-/m0/s1. The van der Waals surface area contributed by atoms with E-state index in [4.69, 9.17) is 4.74 Å². The zero-order valence-corrected chi connectivity index (χ0v) is 17.4. The molecule has 0 spiro atoms. The predicted molar refractivity (Wildman–Crippen MR) is 120 cm³/mol. The fourth-order valence-electron chi connectivity index (χ4n) is 3.10. The lowest BCUT2D eigenvalue weighted by molar-refractivity contribution is -0.118. The quantitative estimate of drug-likeness (QED) is 0.599. The number of carbonyl (C=O) groups is 2. The molecule has 0 aliphatic carbocycles. The van der Waals surface area contributed by atoms with Gasteiger partial charge in [0, 0.05) is 11.3 Å². The maximum absolute atomic E-state index is 12.8. The Morgan fingerprint density at radius 1 is 0.800 bits per heavy atom. The highest BCUT2D eigenvalue weighted by molar-refractivity contribution is 6.01. The number of benzene rings is 3. The molecule has 30 heavy (non-hydrogen) atoms. The van der Waals surface area contributed by atoms with E-state index in [1.165, 1.54) is 0 Å². The molecule has 2 amide bonds. The molecule has 0 saturated heterocycles. The molecular formula is C25H26N2O3. The SMILES string of the molecule is COc1ccc(C(=O)N[C@H](C(=O)Nc2ccc(-c3ccccc3)cc2)C(C)C)cc1. The topological polar surface area (TPSA) is 67.4 Å². The largest absolute Gasteiger partial charge is 0.497 e. The molecule has 0 aromatic heterocycles. The molecule has 0 bridgehead atoms. The van der Waals surface area contributed by atoms with E-state index in [1.807, 2.05) is 68.4 Å². The molecule has 0 aliphatic heterocycles. The van der Waals surface area contributed by atoms with Crippen LogP contribution in [0.2, 0.25) is 0 Å². The second kappa shape index (κ2) is 9.74. The number of amides is 2. The summed E-state index contributed by atoms with van der Waals surface area (Å²) in [5.41, 5.74) is 3.34. The zero-order chi connectivity index (χ0) is 21.5. The van der Waals surface area contributed by atoms with Crippen molar-refractivity contribution in [3.8, 4) is 16.9 Å². The third-order valence-corrected chi connectivity index (χ3v) is 4.85.